The van der Waals surface area contributed by atoms with E-state index in [0.717, 1.165) is 16.8 Å². The maximum absolute atomic E-state index is 13.5. The number of rotatable bonds is 7. The number of ether oxygens (including phenoxy) is 2. The van der Waals surface area contributed by atoms with Crippen LogP contribution in [0.1, 0.15) is 57.3 Å². The summed E-state index contributed by atoms with van der Waals surface area (Å²) in [6, 6.07) is 12.8. The third kappa shape index (κ3) is 5.40. The highest BCUT2D eigenvalue weighted by Crippen LogP contribution is 2.42. The Morgan fingerprint density at radius 1 is 1.16 bits per heavy atom. The monoisotopic (exact) mass is 463 g/mol. The van der Waals surface area contributed by atoms with Gasteiger partial charge in [0.25, 0.3) is 5.91 Å². The van der Waals surface area contributed by atoms with Crippen molar-refractivity contribution in [1.82, 2.24) is 0 Å². The van der Waals surface area contributed by atoms with Crippen LogP contribution in [0.3, 0.4) is 0 Å². The lowest BCUT2D eigenvalue weighted by molar-refractivity contribution is -0.144. The standard InChI is InChI=1S/C24H27Cl2NO4/c1-4-30-22(28)11-7-10-21-24(29)27(15(2)3)20-13-12-16(25)14-18(20)23(31-21)17-8-5-6-9-19(17)26/h5-6,8-9,12-15,21,23H,4,7,10-11H2,1-3H3/t21-,23-/m0/s1. The minimum absolute atomic E-state index is 0.0893. The van der Waals surface area contributed by atoms with Gasteiger partial charge in [-0.1, -0.05) is 41.4 Å². The molecule has 0 N–H and O–H groups in total. The highest BCUT2D eigenvalue weighted by atomic mass is 35.5. The van der Waals surface area contributed by atoms with Crippen LogP contribution >= 0.6 is 23.2 Å². The minimum atomic E-state index is -0.732. The van der Waals surface area contributed by atoms with Crippen LogP contribution in [0.25, 0.3) is 0 Å². The molecule has 0 saturated carbocycles. The Kier molecular flexibility index (Phi) is 7.98. The zero-order chi connectivity index (χ0) is 22.5. The lowest BCUT2D eigenvalue weighted by Gasteiger charge is -2.28. The van der Waals surface area contributed by atoms with Gasteiger partial charge in [-0.3, -0.25) is 9.59 Å². The van der Waals surface area contributed by atoms with Crippen molar-refractivity contribution >= 4 is 40.8 Å². The van der Waals surface area contributed by atoms with E-state index < -0.39 is 12.2 Å². The molecule has 0 radical (unpaired) electrons. The van der Waals surface area contributed by atoms with Crippen molar-refractivity contribution in [3.8, 4) is 0 Å². The van der Waals surface area contributed by atoms with Gasteiger partial charge in [0.1, 0.15) is 12.2 Å². The number of benzene rings is 2. The van der Waals surface area contributed by atoms with Crippen molar-refractivity contribution in [3.05, 3.63) is 63.6 Å². The summed E-state index contributed by atoms with van der Waals surface area (Å²) in [4.78, 5) is 27.0. The summed E-state index contributed by atoms with van der Waals surface area (Å²) in [5, 5.41) is 1.10. The van der Waals surface area contributed by atoms with Crippen LogP contribution in [0.4, 0.5) is 5.69 Å². The molecule has 3 rings (SSSR count). The lowest BCUT2D eigenvalue weighted by Crippen LogP contribution is -2.43. The molecular weight excluding hydrogens is 437 g/mol. The number of amides is 1. The van der Waals surface area contributed by atoms with Gasteiger partial charge in [-0.25, -0.2) is 0 Å². The van der Waals surface area contributed by atoms with Crippen molar-refractivity contribution in [2.75, 3.05) is 11.5 Å². The lowest BCUT2D eigenvalue weighted by atomic mass is 9.99. The smallest absolute Gasteiger partial charge is 0.305 e. The van der Waals surface area contributed by atoms with Crippen molar-refractivity contribution in [2.24, 2.45) is 0 Å². The molecule has 0 saturated heterocycles. The van der Waals surface area contributed by atoms with E-state index in [0.29, 0.717) is 29.5 Å². The predicted molar refractivity (Wildman–Crippen MR) is 123 cm³/mol. The average Bonchev–Trinajstić information content (AvgIpc) is 2.83. The number of fused-ring (bicyclic) bond motifs is 1. The van der Waals surface area contributed by atoms with E-state index in [2.05, 4.69) is 0 Å². The van der Waals surface area contributed by atoms with Crippen LogP contribution in [0.15, 0.2) is 42.5 Å². The van der Waals surface area contributed by atoms with Crippen molar-refractivity contribution in [3.63, 3.8) is 0 Å². The molecule has 0 aromatic heterocycles. The molecule has 5 nitrogen and oxygen atoms in total. The molecule has 2 aromatic rings. The first kappa shape index (κ1) is 23.6. The first-order chi connectivity index (χ1) is 14.8. The van der Waals surface area contributed by atoms with E-state index in [1.165, 1.54) is 0 Å². The summed E-state index contributed by atoms with van der Waals surface area (Å²) < 4.78 is 11.4. The third-order valence-electron chi connectivity index (χ3n) is 5.20. The molecule has 166 valence electrons. The van der Waals surface area contributed by atoms with Gasteiger partial charge in [0.15, 0.2) is 0 Å². The first-order valence-corrected chi connectivity index (χ1v) is 11.3. The Hall–Kier alpha value is -2.08. The molecule has 0 fully saturated rings. The maximum atomic E-state index is 13.5. The fraction of sp³-hybridized carbons (Fsp3) is 0.417. The van der Waals surface area contributed by atoms with Crippen LogP contribution in [0.5, 0.6) is 0 Å². The number of anilines is 1. The van der Waals surface area contributed by atoms with Crippen molar-refractivity contribution < 1.29 is 19.1 Å². The van der Waals surface area contributed by atoms with Gasteiger partial charge >= 0.3 is 5.97 Å². The molecule has 1 heterocycles. The second-order valence-electron chi connectivity index (χ2n) is 7.73. The molecule has 1 amide bonds. The number of carbonyl (C=O) groups excluding carboxylic acids is 2. The molecule has 0 aliphatic carbocycles. The number of nitrogens with zero attached hydrogens (tertiary/aromatic N) is 1. The Morgan fingerprint density at radius 2 is 1.90 bits per heavy atom. The summed E-state index contributed by atoms with van der Waals surface area (Å²) in [7, 11) is 0. The average molecular weight is 464 g/mol. The number of halogens is 2. The Bertz CT molecular complexity index is 947. The van der Waals surface area contributed by atoms with E-state index in [1.807, 2.05) is 44.2 Å². The summed E-state index contributed by atoms with van der Waals surface area (Å²) in [6.45, 7) is 6.03. The maximum Gasteiger partial charge on any atom is 0.305 e. The zero-order valence-electron chi connectivity index (χ0n) is 17.9. The summed E-state index contributed by atoms with van der Waals surface area (Å²) in [6.07, 6.45) is -0.193. The van der Waals surface area contributed by atoms with Gasteiger partial charge in [-0.2, -0.15) is 0 Å². The van der Waals surface area contributed by atoms with Crippen LogP contribution in [-0.4, -0.2) is 30.6 Å². The first-order valence-electron chi connectivity index (χ1n) is 10.5. The predicted octanol–water partition coefficient (Wildman–Crippen LogP) is 5.96. The van der Waals surface area contributed by atoms with E-state index >= 15 is 0 Å². The molecule has 7 heteroatoms. The molecule has 0 unspecified atom stereocenters. The fourth-order valence-corrected chi connectivity index (χ4v) is 4.26. The van der Waals surface area contributed by atoms with Crippen molar-refractivity contribution in [1.29, 1.82) is 0 Å². The molecule has 31 heavy (non-hydrogen) atoms. The zero-order valence-corrected chi connectivity index (χ0v) is 19.4. The van der Waals surface area contributed by atoms with Gasteiger partial charge in [-0.05, 0) is 57.9 Å². The summed E-state index contributed by atoms with van der Waals surface area (Å²) in [5.74, 6) is -0.418. The van der Waals surface area contributed by atoms with Crippen LogP contribution in [0.2, 0.25) is 10.0 Å². The van der Waals surface area contributed by atoms with Crippen LogP contribution in [0, 0.1) is 0 Å². The largest absolute Gasteiger partial charge is 0.466 e. The molecule has 2 atom stereocenters. The minimum Gasteiger partial charge on any atom is -0.466 e. The second kappa shape index (κ2) is 10.5. The molecule has 0 bridgehead atoms. The Labute approximate surface area is 193 Å². The molecule has 2 aromatic carbocycles. The summed E-state index contributed by atoms with van der Waals surface area (Å²) in [5.41, 5.74) is 2.30. The highest BCUT2D eigenvalue weighted by Gasteiger charge is 2.38. The van der Waals surface area contributed by atoms with E-state index in [9.17, 15) is 9.59 Å². The molecule has 1 aliphatic heterocycles. The topological polar surface area (TPSA) is 55.8 Å². The van der Waals surface area contributed by atoms with Crippen LogP contribution in [-0.2, 0) is 19.1 Å². The van der Waals surface area contributed by atoms with Gasteiger partial charge in [0.05, 0.1) is 12.3 Å². The number of esters is 1. The quantitative estimate of drug-likeness (QED) is 0.475. The van der Waals surface area contributed by atoms with E-state index in [1.54, 1.807) is 24.0 Å². The normalized spacial score (nSPS) is 18.6. The fourth-order valence-electron chi connectivity index (χ4n) is 3.84. The Balaban J connectivity index is 2.02. The molecule has 0 spiro atoms. The number of hydrogen-bond acceptors (Lipinski definition) is 4. The van der Waals surface area contributed by atoms with Gasteiger partial charge in [0.2, 0.25) is 0 Å². The molecular formula is C24H27Cl2NO4. The van der Waals surface area contributed by atoms with Gasteiger partial charge in [0, 0.05) is 33.6 Å². The highest BCUT2D eigenvalue weighted by molar-refractivity contribution is 6.31. The number of carbonyl (C=O) groups is 2. The third-order valence-corrected chi connectivity index (χ3v) is 5.78. The van der Waals surface area contributed by atoms with E-state index in [4.69, 9.17) is 32.7 Å². The number of hydrogen-bond donors (Lipinski definition) is 0. The van der Waals surface area contributed by atoms with Crippen LogP contribution < -0.4 is 4.90 Å². The van der Waals surface area contributed by atoms with Gasteiger partial charge in [-0.15, -0.1) is 0 Å². The Morgan fingerprint density at radius 3 is 2.58 bits per heavy atom. The van der Waals surface area contributed by atoms with E-state index in [-0.39, 0.29) is 24.3 Å². The molecule has 1 aliphatic rings. The second-order valence-corrected chi connectivity index (χ2v) is 8.57. The van der Waals surface area contributed by atoms with Crippen molar-refractivity contribution in [2.45, 2.75) is 58.3 Å². The SMILES string of the molecule is CCOC(=O)CCC[C@@H]1O[C@@H](c2ccccc2Cl)c2cc(Cl)ccc2N(C(C)C)C1=O. The summed E-state index contributed by atoms with van der Waals surface area (Å²) >= 11 is 12.8. The van der Waals surface area contributed by atoms with Gasteiger partial charge < -0.3 is 14.4 Å².